The molecule has 148 valence electrons. The van der Waals surface area contributed by atoms with Gasteiger partial charge in [-0.15, -0.1) is 0 Å². The number of hydrogen-bond acceptors (Lipinski definition) is 4. The van der Waals surface area contributed by atoms with E-state index in [0.717, 1.165) is 56.8 Å². The Morgan fingerprint density at radius 2 is 1.89 bits per heavy atom. The van der Waals surface area contributed by atoms with Gasteiger partial charge in [0.25, 0.3) is 0 Å². The first kappa shape index (κ1) is 18.9. The molecule has 1 saturated heterocycles. The van der Waals surface area contributed by atoms with Gasteiger partial charge in [0, 0.05) is 18.0 Å². The Bertz CT molecular complexity index is 814. The standard InChI is InChI=1S/C23H26FNO3/c1-27-21-4-2-3-18-7-10-20(28-23(18)21)15-25-13-11-17(12-14-25)22(26)16-5-8-19(24)9-6-16/h2-6,8-9,17,20H,7,10-15H2,1H3. The van der Waals surface area contributed by atoms with Crippen LogP contribution in [0.2, 0.25) is 0 Å². The lowest BCUT2D eigenvalue weighted by Crippen LogP contribution is -2.43. The number of carbonyl (C=O) groups excluding carboxylic acids is 1. The molecule has 4 rings (SSSR count). The second-order valence-corrected chi connectivity index (χ2v) is 7.67. The number of carbonyl (C=O) groups is 1. The number of Topliss-reactive ketones (excluding diaryl/α,β-unsaturated/α-hetero) is 1. The molecule has 0 aliphatic carbocycles. The lowest BCUT2D eigenvalue weighted by Gasteiger charge is -2.35. The quantitative estimate of drug-likeness (QED) is 0.728. The maximum absolute atomic E-state index is 13.1. The summed E-state index contributed by atoms with van der Waals surface area (Å²) in [6.07, 6.45) is 3.81. The van der Waals surface area contributed by atoms with E-state index in [9.17, 15) is 9.18 Å². The zero-order valence-electron chi connectivity index (χ0n) is 16.2. The van der Waals surface area contributed by atoms with Crippen molar-refractivity contribution in [3.05, 3.63) is 59.4 Å². The van der Waals surface area contributed by atoms with Crippen molar-refractivity contribution in [3.63, 3.8) is 0 Å². The number of para-hydroxylation sites is 1. The number of methoxy groups -OCH3 is 1. The van der Waals surface area contributed by atoms with Crippen molar-refractivity contribution in [2.24, 2.45) is 5.92 Å². The molecule has 1 unspecified atom stereocenters. The zero-order valence-corrected chi connectivity index (χ0v) is 16.2. The molecular formula is C23H26FNO3. The Kier molecular flexibility index (Phi) is 5.62. The first-order chi connectivity index (χ1) is 13.6. The van der Waals surface area contributed by atoms with Crippen molar-refractivity contribution < 1.29 is 18.7 Å². The number of aryl methyl sites for hydroxylation is 1. The number of fused-ring (bicyclic) bond motifs is 1. The van der Waals surface area contributed by atoms with Crippen LogP contribution in [0.25, 0.3) is 0 Å². The number of likely N-dealkylation sites (tertiary alicyclic amines) is 1. The summed E-state index contributed by atoms with van der Waals surface area (Å²) in [6, 6.07) is 11.9. The van der Waals surface area contributed by atoms with Gasteiger partial charge < -0.3 is 9.47 Å². The van der Waals surface area contributed by atoms with E-state index in [-0.39, 0.29) is 23.6 Å². The largest absolute Gasteiger partial charge is 0.493 e. The zero-order chi connectivity index (χ0) is 19.5. The molecule has 5 heteroatoms. The summed E-state index contributed by atoms with van der Waals surface area (Å²) in [5.41, 5.74) is 1.82. The molecular weight excluding hydrogens is 357 g/mol. The number of ketones is 1. The molecule has 1 atom stereocenters. The van der Waals surface area contributed by atoms with Gasteiger partial charge in [-0.3, -0.25) is 9.69 Å². The molecule has 0 amide bonds. The molecule has 0 N–H and O–H groups in total. The van der Waals surface area contributed by atoms with E-state index in [1.54, 1.807) is 19.2 Å². The summed E-state index contributed by atoms with van der Waals surface area (Å²) in [6.45, 7) is 2.64. The maximum Gasteiger partial charge on any atom is 0.166 e. The normalized spacial score (nSPS) is 20.3. The summed E-state index contributed by atoms with van der Waals surface area (Å²) < 4.78 is 24.8. The van der Waals surface area contributed by atoms with Crippen molar-refractivity contribution >= 4 is 5.78 Å². The molecule has 0 spiro atoms. The van der Waals surface area contributed by atoms with E-state index >= 15 is 0 Å². The average Bonchev–Trinajstić information content (AvgIpc) is 2.74. The smallest absolute Gasteiger partial charge is 0.166 e. The first-order valence-electron chi connectivity index (χ1n) is 9.98. The molecule has 4 nitrogen and oxygen atoms in total. The minimum absolute atomic E-state index is 0.0230. The number of halogens is 1. The molecule has 0 radical (unpaired) electrons. The monoisotopic (exact) mass is 383 g/mol. The fraction of sp³-hybridized carbons (Fsp3) is 0.435. The molecule has 1 fully saturated rings. The predicted octanol–water partition coefficient (Wildman–Crippen LogP) is 4.12. The highest BCUT2D eigenvalue weighted by Crippen LogP contribution is 2.36. The minimum Gasteiger partial charge on any atom is -0.493 e. The number of hydrogen-bond donors (Lipinski definition) is 0. The summed E-state index contributed by atoms with van der Waals surface area (Å²) >= 11 is 0. The number of nitrogens with zero attached hydrogens (tertiary/aromatic N) is 1. The van der Waals surface area contributed by atoms with E-state index < -0.39 is 0 Å². The SMILES string of the molecule is COc1cccc2c1OC(CN1CCC(C(=O)c3ccc(F)cc3)CC1)CC2. The van der Waals surface area contributed by atoms with Crippen LogP contribution < -0.4 is 9.47 Å². The van der Waals surface area contributed by atoms with E-state index in [1.807, 2.05) is 12.1 Å². The van der Waals surface area contributed by atoms with Gasteiger partial charge in [0.05, 0.1) is 7.11 Å². The van der Waals surface area contributed by atoms with Gasteiger partial charge in [-0.2, -0.15) is 0 Å². The van der Waals surface area contributed by atoms with Gasteiger partial charge in [0.2, 0.25) is 0 Å². The molecule has 2 aromatic carbocycles. The molecule has 0 bridgehead atoms. The predicted molar refractivity (Wildman–Crippen MR) is 106 cm³/mol. The van der Waals surface area contributed by atoms with Gasteiger partial charge in [-0.05, 0) is 74.7 Å². The number of piperidine rings is 1. The third-order valence-corrected chi connectivity index (χ3v) is 5.85. The highest BCUT2D eigenvalue weighted by Gasteiger charge is 2.29. The third kappa shape index (κ3) is 4.04. The van der Waals surface area contributed by atoms with Gasteiger partial charge in [0.15, 0.2) is 17.3 Å². The van der Waals surface area contributed by atoms with E-state index in [1.165, 1.54) is 17.7 Å². The van der Waals surface area contributed by atoms with Crippen LogP contribution in [0.3, 0.4) is 0 Å². The highest BCUT2D eigenvalue weighted by molar-refractivity contribution is 5.97. The third-order valence-electron chi connectivity index (χ3n) is 5.85. The lowest BCUT2D eigenvalue weighted by molar-refractivity contribution is 0.0728. The Morgan fingerprint density at radius 3 is 2.61 bits per heavy atom. The molecule has 0 saturated carbocycles. The van der Waals surface area contributed by atoms with Crippen LogP contribution in [0.15, 0.2) is 42.5 Å². The van der Waals surface area contributed by atoms with Crippen molar-refractivity contribution in [3.8, 4) is 11.5 Å². The van der Waals surface area contributed by atoms with Crippen molar-refractivity contribution in [1.82, 2.24) is 4.90 Å². The first-order valence-corrected chi connectivity index (χ1v) is 9.98. The number of ether oxygens (including phenoxy) is 2. The van der Waals surface area contributed by atoms with Crippen LogP contribution >= 0.6 is 0 Å². The van der Waals surface area contributed by atoms with Gasteiger partial charge in [-0.25, -0.2) is 4.39 Å². The number of rotatable bonds is 5. The van der Waals surface area contributed by atoms with Gasteiger partial charge >= 0.3 is 0 Å². The van der Waals surface area contributed by atoms with Crippen LogP contribution in [0.1, 0.15) is 35.2 Å². The van der Waals surface area contributed by atoms with E-state index in [2.05, 4.69) is 11.0 Å². The number of benzene rings is 2. The van der Waals surface area contributed by atoms with Gasteiger partial charge in [-0.1, -0.05) is 12.1 Å². The highest BCUT2D eigenvalue weighted by atomic mass is 19.1. The molecule has 28 heavy (non-hydrogen) atoms. The molecule has 2 heterocycles. The molecule has 2 aliphatic heterocycles. The summed E-state index contributed by atoms with van der Waals surface area (Å²) in [5, 5.41) is 0. The lowest BCUT2D eigenvalue weighted by atomic mass is 9.88. The fourth-order valence-corrected chi connectivity index (χ4v) is 4.24. The maximum atomic E-state index is 13.1. The Labute approximate surface area is 165 Å². The summed E-state index contributed by atoms with van der Waals surface area (Å²) in [5.74, 6) is 1.52. The summed E-state index contributed by atoms with van der Waals surface area (Å²) in [7, 11) is 1.67. The average molecular weight is 383 g/mol. The molecule has 2 aromatic rings. The van der Waals surface area contributed by atoms with Crippen molar-refractivity contribution in [1.29, 1.82) is 0 Å². The Hall–Kier alpha value is -2.40. The van der Waals surface area contributed by atoms with Crippen LogP contribution in [0.5, 0.6) is 11.5 Å². The van der Waals surface area contributed by atoms with Crippen molar-refractivity contribution in [2.75, 3.05) is 26.7 Å². The van der Waals surface area contributed by atoms with Crippen LogP contribution in [-0.4, -0.2) is 43.5 Å². The fourth-order valence-electron chi connectivity index (χ4n) is 4.24. The second kappa shape index (κ2) is 8.31. The van der Waals surface area contributed by atoms with Crippen LogP contribution in [-0.2, 0) is 6.42 Å². The Morgan fingerprint density at radius 1 is 1.14 bits per heavy atom. The van der Waals surface area contributed by atoms with E-state index in [0.29, 0.717) is 5.56 Å². The Balaban J connectivity index is 1.31. The molecule has 0 aromatic heterocycles. The molecule has 2 aliphatic rings. The summed E-state index contributed by atoms with van der Waals surface area (Å²) in [4.78, 5) is 15.0. The van der Waals surface area contributed by atoms with Crippen LogP contribution in [0.4, 0.5) is 4.39 Å². The van der Waals surface area contributed by atoms with E-state index in [4.69, 9.17) is 9.47 Å². The van der Waals surface area contributed by atoms with Gasteiger partial charge in [0.1, 0.15) is 11.9 Å². The van der Waals surface area contributed by atoms with Crippen LogP contribution in [0, 0.1) is 11.7 Å². The minimum atomic E-state index is -0.308. The topological polar surface area (TPSA) is 38.8 Å². The van der Waals surface area contributed by atoms with Crippen molar-refractivity contribution in [2.45, 2.75) is 31.8 Å². The second-order valence-electron chi connectivity index (χ2n) is 7.67.